The van der Waals surface area contributed by atoms with Crippen LogP contribution in [0.25, 0.3) is 11.1 Å². The lowest BCUT2D eigenvalue weighted by molar-refractivity contribution is -0.150. The maximum atomic E-state index is 14.0. The van der Waals surface area contributed by atoms with E-state index < -0.39 is 17.1 Å². The maximum absolute atomic E-state index is 14.0. The number of ether oxygens (including phenoxy) is 2. The van der Waals surface area contributed by atoms with Gasteiger partial charge in [0, 0.05) is 29.6 Å². The monoisotopic (exact) mass is 372 g/mol. The number of nitrogens with zero attached hydrogens (tertiary/aromatic N) is 2. The van der Waals surface area contributed by atoms with Gasteiger partial charge in [-0.1, -0.05) is 0 Å². The van der Waals surface area contributed by atoms with Gasteiger partial charge in [0.2, 0.25) is 5.88 Å². The Balaban J connectivity index is 1.74. The van der Waals surface area contributed by atoms with Gasteiger partial charge < -0.3 is 15.2 Å². The van der Waals surface area contributed by atoms with Crippen LogP contribution in [0.2, 0.25) is 0 Å². The summed E-state index contributed by atoms with van der Waals surface area (Å²) in [5, 5.41) is 7.29. The van der Waals surface area contributed by atoms with Crippen LogP contribution in [0, 0.1) is 23.6 Å². The van der Waals surface area contributed by atoms with Crippen LogP contribution >= 0.6 is 0 Å². The number of nitrogens with one attached hydrogen (secondary N) is 1. The molecule has 1 aliphatic carbocycles. The zero-order valence-electron chi connectivity index (χ0n) is 15.2. The Morgan fingerprint density at radius 3 is 2.63 bits per heavy atom. The van der Waals surface area contributed by atoms with E-state index in [2.05, 4.69) is 9.97 Å². The number of pyridine rings is 2. The molecule has 0 aromatic carbocycles. The first-order chi connectivity index (χ1) is 12.9. The van der Waals surface area contributed by atoms with E-state index >= 15 is 0 Å². The van der Waals surface area contributed by atoms with Crippen LogP contribution in [0.4, 0.5) is 4.39 Å². The van der Waals surface area contributed by atoms with Crippen molar-refractivity contribution in [1.29, 1.82) is 5.41 Å². The van der Waals surface area contributed by atoms with E-state index in [0.717, 1.165) is 18.4 Å². The molecule has 0 unspecified atom stereocenters. The summed E-state index contributed by atoms with van der Waals surface area (Å²) < 4.78 is 24.8. The number of hydrogen-bond donors (Lipinski definition) is 2. The third kappa shape index (κ3) is 3.89. The first-order valence-corrected chi connectivity index (χ1v) is 8.63. The average Bonchev–Trinajstić information content (AvgIpc) is 3.41. The Morgan fingerprint density at radius 1 is 1.33 bits per heavy atom. The predicted molar refractivity (Wildman–Crippen MR) is 97.0 cm³/mol. The molecule has 8 heteroatoms. The number of carbonyl (C=O) groups is 1. The quantitative estimate of drug-likeness (QED) is 0.439. The third-order valence-electron chi connectivity index (χ3n) is 4.55. The Labute approximate surface area is 156 Å². The lowest BCUT2D eigenvalue weighted by atomic mass is 10.0. The van der Waals surface area contributed by atoms with Gasteiger partial charge in [0.1, 0.15) is 23.6 Å². The molecule has 0 amide bonds. The molecular weight excluding hydrogens is 351 g/mol. The van der Waals surface area contributed by atoms with Gasteiger partial charge in [-0.3, -0.25) is 10.2 Å². The number of halogens is 1. The molecule has 0 radical (unpaired) electrons. The molecule has 1 saturated carbocycles. The van der Waals surface area contributed by atoms with Crippen molar-refractivity contribution in [3.63, 3.8) is 0 Å². The van der Waals surface area contributed by atoms with Gasteiger partial charge in [-0.25, -0.2) is 14.4 Å². The number of aromatic nitrogens is 2. The van der Waals surface area contributed by atoms with Gasteiger partial charge in [0.05, 0.1) is 6.61 Å². The molecule has 0 atom stereocenters. The van der Waals surface area contributed by atoms with Crippen molar-refractivity contribution in [2.45, 2.75) is 26.7 Å². The second-order valence-electron chi connectivity index (χ2n) is 6.60. The minimum Gasteiger partial charge on any atom is -0.476 e. The molecule has 0 saturated heterocycles. The number of nitrogens with two attached hydrogens (primary N) is 1. The molecule has 0 aliphatic heterocycles. The predicted octanol–water partition coefficient (Wildman–Crippen LogP) is 2.60. The highest BCUT2D eigenvalue weighted by Crippen LogP contribution is 2.47. The molecule has 142 valence electrons. The number of rotatable bonds is 7. The number of nitrogen functional groups attached to an aromatic ring is 1. The lowest BCUT2D eigenvalue weighted by Gasteiger charge is -2.15. The minimum atomic E-state index is -0.662. The minimum absolute atomic E-state index is 0.182. The number of aryl methyl sites for hydroxylation is 1. The van der Waals surface area contributed by atoms with Crippen LogP contribution in [0.1, 0.15) is 31.0 Å². The van der Waals surface area contributed by atoms with E-state index in [1.807, 2.05) is 6.92 Å². The number of amidine groups is 1. The molecule has 7 nitrogen and oxygen atoms in total. The molecule has 3 N–H and O–H groups in total. The average molecular weight is 372 g/mol. The molecule has 2 heterocycles. The van der Waals surface area contributed by atoms with Gasteiger partial charge in [0.25, 0.3) is 0 Å². The summed E-state index contributed by atoms with van der Waals surface area (Å²) in [7, 11) is 0. The largest absolute Gasteiger partial charge is 0.476 e. The van der Waals surface area contributed by atoms with Gasteiger partial charge in [0.15, 0.2) is 5.82 Å². The Bertz CT molecular complexity index is 897. The molecule has 0 spiro atoms. The first kappa shape index (κ1) is 18.8. The van der Waals surface area contributed by atoms with Crippen LogP contribution in [-0.2, 0) is 9.53 Å². The fourth-order valence-corrected chi connectivity index (χ4v) is 2.75. The van der Waals surface area contributed by atoms with Crippen LogP contribution in [0.5, 0.6) is 5.88 Å². The first-order valence-electron chi connectivity index (χ1n) is 8.63. The van der Waals surface area contributed by atoms with Gasteiger partial charge >= 0.3 is 5.97 Å². The van der Waals surface area contributed by atoms with E-state index in [0.29, 0.717) is 23.6 Å². The van der Waals surface area contributed by atoms with E-state index in [1.54, 1.807) is 19.2 Å². The van der Waals surface area contributed by atoms with Gasteiger partial charge in [-0.2, -0.15) is 0 Å². The SMILES string of the molecule is CCOC(=O)C1(COc2cc(C)c(-c3cnc(C(=N)N)c(F)c3)cn2)CC1. The van der Waals surface area contributed by atoms with E-state index in [4.69, 9.17) is 20.6 Å². The summed E-state index contributed by atoms with van der Waals surface area (Å²) in [4.78, 5) is 20.1. The zero-order valence-corrected chi connectivity index (χ0v) is 15.2. The van der Waals surface area contributed by atoms with Gasteiger partial charge in [-0.15, -0.1) is 0 Å². The molecule has 2 aromatic heterocycles. The van der Waals surface area contributed by atoms with Crippen molar-refractivity contribution in [1.82, 2.24) is 9.97 Å². The smallest absolute Gasteiger partial charge is 0.315 e. The van der Waals surface area contributed by atoms with Crippen molar-refractivity contribution >= 4 is 11.8 Å². The molecule has 1 fully saturated rings. The van der Waals surface area contributed by atoms with E-state index in [1.165, 1.54) is 12.3 Å². The van der Waals surface area contributed by atoms with Crippen LogP contribution in [0.3, 0.4) is 0 Å². The van der Waals surface area contributed by atoms with Crippen molar-refractivity contribution < 1.29 is 18.7 Å². The fourth-order valence-electron chi connectivity index (χ4n) is 2.75. The maximum Gasteiger partial charge on any atom is 0.315 e. The highest BCUT2D eigenvalue weighted by molar-refractivity contribution is 5.93. The summed E-state index contributed by atoms with van der Waals surface area (Å²) in [5.41, 5.74) is 6.58. The molecule has 1 aliphatic rings. The van der Waals surface area contributed by atoms with Crippen molar-refractivity contribution in [2.24, 2.45) is 11.1 Å². The highest BCUT2D eigenvalue weighted by Gasteiger charge is 2.52. The highest BCUT2D eigenvalue weighted by atomic mass is 19.1. The van der Waals surface area contributed by atoms with Crippen molar-refractivity contribution in [3.05, 3.63) is 41.6 Å². The Hall–Kier alpha value is -3.03. The van der Waals surface area contributed by atoms with Crippen LogP contribution in [-0.4, -0.2) is 35.0 Å². The molecular formula is C19H21FN4O3. The molecule has 2 aromatic rings. The van der Waals surface area contributed by atoms with Gasteiger partial charge in [-0.05, 0) is 38.3 Å². The van der Waals surface area contributed by atoms with E-state index in [-0.39, 0.29) is 18.3 Å². The van der Waals surface area contributed by atoms with Crippen LogP contribution in [0.15, 0.2) is 24.5 Å². The normalized spacial score (nSPS) is 14.5. The second kappa shape index (κ2) is 7.30. The summed E-state index contributed by atoms with van der Waals surface area (Å²) >= 11 is 0. The summed E-state index contributed by atoms with van der Waals surface area (Å²) in [6.45, 7) is 4.19. The summed E-state index contributed by atoms with van der Waals surface area (Å²) in [6.07, 6.45) is 4.51. The van der Waals surface area contributed by atoms with Crippen molar-refractivity contribution in [3.8, 4) is 17.0 Å². The second-order valence-corrected chi connectivity index (χ2v) is 6.60. The molecule has 3 rings (SSSR count). The Kier molecular flexibility index (Phi) is 5.07. The summed E-state index contributed by atoms with van der Waals surface area (Å²) in [6, 6.07) is 3.00. The number of esters is 1. The number of hydrogen-bond acceptors (Lipinski definition) is 6. The lowest BCUT2D eigenvalue weighted by Crippen LogP contribution is -2.26. The molecule has 0 bridgehead atoms. The zero-order chi connectivity index (χ0) is 19.6. The standard InChI is InChI=1S/C19H21FN4O3/c1-3-26-18(25)19(4-5-19)10-27-15-6-11(2)13(9-23-15)12-7-14(20)16(17(21)22)24-8-12/h6-9H,3-5,10H2,1-2H3,(H3,21,22). The molecule has 27 heavy (non-hydrogen) atoms. The number of carbonyl (C=O) groups excluding carboxylic acids is 1. The topological polar surface area (TPSA) is 111 Å². The Morgan fingerprint density at radius 2 is 2.07 bits per heavy atom. The summed E-state index contributed by atoms with van der Waals surface area (Å²) in [5.74, 6) is -0.927. The van der Waals surface area contributed by atoms with Crippen LogP contribution < -0.4 is 10.5 Å². The van der Waals surface area contributed by atoms with E-state index in [9.17, 15) is 9.18 Å². The van der Waals surface area contributed by atoms with Crippen molar-refractivity contribution in [2.75, 3.05) is 13.2 Å². The third-order valence-corrected chi connectivity index (χ3v) is 4.55. The fraction of sp³-hybridized carbons (Fsp3) is 0.368.